The van der Waals surface area contributed by atoms with Gasteiger partial charge in [0.15, 0.2) is 0 Å². The number of rotatable bonds is 5. The van der Waals surface area contributed by atoms with Gasteiger partial charge in [-0.1, -0.05) is 24.6 Å². The van der Waals surface area contributed by atoms with Crippen molar-refractivity contribution in [3.05, 3.63) is 53.6 Å². The van der Waals surface area contributed by atoms with Crippen LogP contribution in [0.15, 0.2) is 47.4 Å². The van der Waals surface area contributed by atoms with Crippen LogP contribution >= 0.6 is 0 Å². The van der Waals surface area contributed by atoms with Gasteiger partial charge < -0.3 is 9.80 Å². The number of nitrogens with one attached hydrogen (secondary N) is 1. The zero-order valence-corrected chi connectivity index (χ0v) is 19.8. The van der Waals surface area contributed by atoms with Gasteiger partial charge in [-0.15, -0.1) is 0 Å². The van der Waals surface area contributed by atoms with Crippen LogP contribution in [0.4, 0.5) is 11.4 Å². The highest BCUT2D eigenvalue weighted by molar-refractivity contribution is 7.92. The van der Waals surface area contributed by atoms with Crippen LogP contribution in [-0.4, -0.2) is 45.4 Å². The third-order valence-electron chi connectivity index (χ3n) is 6.58. The number of carbonyl (C=O) groups is 1. The van der Waals surface area contributed by atoms with Crippen molar-refractivity contribution in [3.8, 4) is 0 Å². The zero-order chi connectivity index (χ0) is 22.7. The minimum atomic E-state index is -3.73. The highest BCUT2D eigenvalue weighted by atomic mass is 32.2. The van der Waals surface area contributed by atoms with Gasteiger partial charge in [0.1, 0.15) is 0 Å². The van der Waals surface area contributed by atoms with E-state index in [1.807, 2.05) is 17.9 Å². The third-order valence-corrected chi connectivity index (χ3v) is 7.98. The number of anilines is 2. The number of hydrogen-bond acceptors (Lipinski definition) is 4. The summed E-state index contributed by atoms with van der Waals surface area (Å²) in [6.07, 6.45) is 5.37. The Bertz CT molecular complexity index is 1050. The Hall–Kier alpha value is -2.54. The summed E-state index contributed by atoms with van der Waals surface area (Å²) < 4.78 is 28.5. The predicted octanol–water partition coefficient (Wildman–Crippen LogP) is 4.66. The SMILES string of the molecule is Cc1ccc(S(=O)(=O)Nc2ccc(N3CCC(C)CC3)c(C(=O)N3CCCCC3)c2)cc1. The van der Waals surface area contributed by atoms with Gasteiger partial charge in [-0.3, -0.25) is 9.52 Å². The predicted molar refractivity (Wildman–Crippen MR) is 129 cm³/mol. The lowest BCUT2D eigenvalue weighted by Gasteiger charge is -2.35. The fourth-order valence-corrected chi connectivity index (χ4v) is 5.54. The lowest BCUT2D eigenvalue weighted by Crippen LogP contribution is -2.38. The maximum absolute atomic E-state index is 13.5. The van der Waals surface area contributed by atoms with Gasteiger partial charge in [-0.05, 0) is 75.3 Å². The summed E-state index contributed by atoms with van der Waals surface area (Å²) in [5, 5.41) is 0. The van der Waals surface area contributed by atoms with Gasteiger partial charge in [0.25, 0.3) is 15.9 Å². The number of piperidine rings is 2. The normalized spacial score (nSPS) is 17.9. The first-order chi connectivity index (χ1) is 15.3. The second kappa shape index (κ2) is 9.53. The van der Waals surface area contributed by atoms with E-state index in [1.54, 1.807) is 36.4 Å². The Labute approximate surface area is 191 Å². The quantitative estimate of drug-likeness (QED) is 0.712. The van der Waals surface area contributed by atoms with Gasteiger partial charge in [0, 0.05) is 37.6 Å². The van der Waals surface area contributed by atoms with Crippen molar-refractivity contribution in [3.63, 3.8) is 0 Å². The van der Waals surface area contributed by atoms with Crippen LogP contribution in [0.25, 0.3) is 0 Å². The first kappa shape index (κ1) is 22.6. The molecule has 2 aliphatic heterocycles. The van der Waals surface area contributed by atoms with Crippen molar-refractivity contribution in [1.82, 2.24) is 4.90 Å². The van der Waals surface area contributed by atoms with Crippen molar-refractivity contribution >= 4 is 27.3 Å². The molecular weight excluding hydrogens is 422 g/mol. The summed E-state index contributed by atoms with van der Waals surface area (Å²) in [7, 11) is -3.73. The van der Waals surface area contributed by atoms with Gasteiger partial charge in [-0.25, -0.2) is 8.42 Å². The van der Waals surface area contributed by atoms with Crippen molar-refractivity contribution < 1.29 is 13.2 Å². The van der Waals surface area contributed by atoms with E-state index in [0.717, 1.165) is 69.5 Å². The summed E-state index contributed by atoms with van der Waals surface area (Å²) in [6, 6.07) is 12.1. The highest BCUT2D eigenvalue weighted by Gasteiger charge is 2.26. The van der Waals surface area contributed by atoms with E-state index in [0.29, 0.717) is 17.2 Å². The molecule has 6 nitrogen and oxygen atoms in total. The number of hydrogen-bond donors (Lipinski definition) is 1. The van der Waals surface area contributed by atoms with Crippen molar-refractivity contribution in [2.45, 2.75) is 50.8 Å². The molecule has 0 saturated carbocycles. The van der Waals surface area contributed by atoms with E-state index in [1.165, 1.54) is 0 Å². The van der Waals surface area contributed by atoms with Crippen molar-refractivity contribution in [2.24, 2.45) is 5.92 Å². The van der Waals surface area contributed by atoms with Crippen molar-refractivity contribution in [1.29, 1.82) is 0 Å². The number of likely N-dealkylation sites (tertiary alicyclic amines) is 1. The Balaban J connectivity index is 1.65. The average Bonchev–Trinajstić information content (AvgIpc) is 2.80. The van der Waals surface area contributed by atoms with E-state index in [4.69, 9.17) is 0 Å². The molecule has 0 aromatic heterocycles. The minimum absolute atomic E-state index is 0.00490. The maximum Gasteiger partial charge on any atom is 0.261 e. The molecule has 4 rings (SSSR count). The van der Waals surface area contributed by atoms with Crippen LogP contribution in [0.5, 0.6) is 0 Å². The van der Waals surface area contributed by atoms with Crippen LogP contribution < -0.4 is 9.62 Å². The molecule has 0 radical (unpaired) electrons. The highest BCUT2D eigenvalue weighted by Crippen LogP contribution is 2.31. The van der Waals surface area contributed by atoms with Gasteiger partial charge in [0.2, 0.25) is 0 Å². The zero-order valence-electron chi connectivity index (χ0n) is 19.0. The van der Waals surface area contributed by atoms with E-state index >= 15 is 0 Å². The lowest BCUT2D eigenvalue weighted by atomic mass is 9.97. The number of carbonyl (C=O) groups excluding carboxylic acids is 1. The van der Waals surface area contributed by atoms with Gasteiger partial charge >= 0.3 is 0 Å². The second-order valence-corrected chi connectivity index (χ2v) is 10.9. The monoisotopic (exact) mass is 455 g/mol. The molecule has 2 saturated heterocycles. The first-order valence-electron chi connectivity index (χ1n) is 11.6. The Morgan fingerprint density at radius 2 is 1.59 bits per heavy atom. The van der Waals surface area contributed by atoms with E-state index < -0.39 is 10.0 Å². The molecule has 0 spiro atoms. The van der Waals surface area contributed by atoms with Crippen molar-refractivity contribution in [2.75, 3.05) is 35.8 Å². The first-order valence-corrected chi connectivity index (χ1v) is 13.1. The minimum Gasteiger partial charge on any atom is -0.371 e. The fraction of sp³-hybridized carbons (Fsp3) is 0.480. The summed E-state index contributed by atoms with van der Waals surface area (Å²) >= 11 is 0. The second-order valence-electron chi connectivity index (χ2n) is 9.17. The number of amides is 1. The molecule has 172 valence electrons. The maximum atomic E-state index is 13.5. The van der Waals surface area contributed by atoms with Crippen LogP contribution in [0.2, 0.25) is 0 Å². The molecule has 2 aliphatic rings. The summed E-state index contributed by atoms with van der Waals surface area (Å²) in [5.74, 6) is 0.683. The summed E-state index contributed by atoms with van der Waals surface area (Å²) in [4.78, 5) is 17.9. The number of nitrogens with zero attached hydrogens (tertiary/aromatic N) is 2. The average molecular weight is 456 g/mol. The fourth-order valence-electron chi connectivity index (χ4n) is 4.49. The molecule has 2 heterocycles. The molecular formula is C25H33N3O3S. The number of aryl methyl sites for hydroxylation is 1. The van der Waals surface area contributed by atoms with Crippen LogP contribution in [-0.2, 0) is 10.0 Å². The molecule has 0 aliphatic carbocycles. The molecule has 1 amide bonds. The van der Waals surface area contributed by atoms with Crippen LogP contribution in [0, 0.1) is 12.8 Å². The van der Waals surface area contributed by atoms with E-state index in [2.05, 4.69) is 16.5 Å². The number of benzene rings is 2. The smallest absolute Gasteiger partial charge is 0.261 e. The molecule has 2 aromatic carbocycles. The standard InChI is InChI=1S/C25H33N3O3S/c1-19-6-9-22(10-7-19)32(30,31)26-21-8-11-24(27-16-12-20(2)13-17-27)23(18-21)25(29)28-14-4-3-5-15-28/h6-11,18,20,26H,3-5,12-17H2,1-2H3. The van der Waals surface area contributed by atoms with E-state index in [9.17, 15) is 13.2 Å². The summed E-state index contributed by atoms with van der Waals surface area (Å²) in [5.41, 5.74) is 2.91. The molecule has 32 heavy (non-hydrogen) atoms. The van der Waals surface area contributed by atoms with E-state index in [-0.39, 0.29) is 10.8 Å². The van der Waals surface area contributed by atoms with Crippen LogP contribution in [0.3, 0.4) is 0 Å². The molecule has 7 heteroatoms. The Morgan fingerprint density at radius 3 is 2.25 bits per heavy atom. The molecule has 2 aromatic rings. The Morgan fingerprint density at radius 1 is 0.938 bits per heavy atom. The largest absolute Gasteiger partial charge is 0.371 e. The third kappa shape index (κ3) is 5.09. The van der Waals surface area contributed by atoms with Gasteiger partial charge in [0.05, 0.1) is 10.5 Å². The number of sulfonamides is 1. The molecule has 0 unspecified atom stereocenters. The lowest BCUT2D eigenvalue weighted by molar-refractivity contribution is 0.0725. The topological polar surface area (TPSA) is 69.7 Å². The Kier molecular flexibility index (Phi) is 6.74. The van der Waals surface area contributed by atoms with Crippen LogP contribution in [0.1, 0.15) is 54.9 Å². The van der Waals surface area contributed by atoms with Gasteiger partial charge in [-0.2, -0.15) is 0 Å². The summed E-state index contributed by atoms with van der Waals surface area (Å²) in [6.45, 7) is 7.53. The molecule has 0 atom stereocenters. The molecule has 0 bridgehead atoms. The molecule has 2 fully saturated rings. The molecule has 1 N–H and O–H groups in total.